The molecule has 1 aliphatic heterocycles. The van der Waals surface area contributed by atoms with Crippen LogP contribution in [0.15, 0.2) is 30.3 Å². The van der Waals surface area contributed by atoms with E-state index in [1.807, 2.05) is 41.9 Å². The molecule has 0 spiro atoms. The highest BCUT2D eigenvalue weighted by Crippen LogP contribution is 2.39. The van der Waals surface area contributed by atoms with Crippen molar-refractivity contribution in [3.63, 3.8) is 0 Å². The zero-order chi connectivity index (χ0) is 19.1. The fourth-order valence-corrected chi connectivity index (χ4v) is 5.32. The summed E-state index contributed by atoms with van der Waals surface area (Å²) in [5.74, 6) is 0.481. The minimum atomic E-state index is 0.0982. The lowest BCUT2D eigenvalue weighted by atomic mass is 9.92. The molecule has 0 aliphatic carbocycles. The number of aromatic nitrogens is 2. The summed E-state index contributed by atoms with van der Waals surface area (Å²) in [6.45, 7) is 5.79. The molecule has 1 saturated heterocycles. The summed E-state index contributed by atoms with van der Waals surface area (Å²) in [5, 5.41) is 9.46. The second-order valence-corrected chi connectivity index (χ2v) is 8.67. The number of amides is 1. The number of carbonyl (C=O) groups is 1. The molecule has 2 atom stereocenters. The summed E-state index contributed by atoms with van der Waals surface area (Å²) in [6.07, 6.45) is 0.592. The molecular weight excluding hydrogens is 356 g/mol. The largest absolute Gasteiger partial charge is 0.338 e. The van der Waals surface area contributed by atoms with Gasteiger partial charge in [-0.25, -0.2) is 0 Å². The van der Waals surface area contributed by atoms with Gasteiger partial charge in [-0.05, 0) is 31.4 Å². The molecule has 3 aromatic rings. The minimum absolute atomic E-state index is 0.0982. The van der Waals surface area contributed by atoms with Gasteiger partial charge in [0.1, 0.15) is 0 Å². The van der Waals surface area contributed by atoms with Gasteiger partial charge in [0.25, 0.3) is 0 Å². The van der Waals surface area contributed by atoms with Crippen molar-refractivity contribution in [3.05, 3.63) is 52.2 Å². The van der Waals surface area contributed by atoms with Gasteiger partial charge in [-0.1, -0.05) is 18.2 Å². The molecule has 1 aliphatic rings. The molecule has 1 fully saturated rings. The SMILES string of the molecule is Cc1nn(C)c(C)c1[C@H]1[C@H](CNCc2cc3ccccc3s2)CC(=O)N1C. The Morgan fingerprint density at radius 1 is 1.26 bits per heavy atom. The summed E-state index contributed by atoms with van der Waals surface area (Å²) in [5.41, 5.74) is 3.38. The molecule has 1 aromatic carbocycles. The van der Waals surface area contributed by atoms with Crippen LogP contribution in [-0.4, -0.2) is 34.2 Å². The van der Waals surface area contributed by atoms with Gasteiger partial charge in [0, 0.05) is 60.4 Å². The number of rotatable bonds is 5. The summed E-state index contributed by atoms with van der Waals surface area (Å²) in [6, 6.07) is 10.8. The topological polar surface area (TPSA) is 50.2 Å². The van der Waals surface area contributed by atoms with E-state index in [2.05, 4.69) is 47.7 Å². The highest BCUT2D eigenvalue weighted by atomic mass is 32.1. The molecule has 0 saturated carbocycles. The highest BCUT2D eigenvalue weighted by molar-refractivity contribution is 7.19. The fourth-order valence-electron chi connectivity index (χ4n) is 4.29. The third-order valence-corrected chi connectivity index (χ3v) is 6.85. The number of aryl methyl sites for hydroxylation is 2. The summed E-state index contributed by atoms with van der Waals surface area (Å²) in [7, 11) is 3.89. The lowest BCUT2D eigenvalue weighted by molar-refractivity contribution is -0.127. The first-order valence-electron chi connectivity index (χ1n) is 9.39. The maximum atomic E-state index is 12.4. The maximum Gasteiger partial charge on any atom is 0.223 e. The van der Waals surface area contributed by atoms with E-state index in [1.54, 1.807) is 0 Å². The van der Waals surface area contributed by atoms with Crippen LogP contribution in [0.4, 0.5) is 0 Å². The zero-order valence-corrected chi connectivity index (χ0v) is 17.1. The molecule has 142 valence electrons. The Morgan fingerprint density at radius 3 is 2.74 bits per heavy atom. The number of nitrogens with one attached hydrogen (secondary N) is 1. The predicted molar refractivity (Wildman–Crippen MR) is 110 cm³/mol. The number of fused-ring (bicyclic) bond motifs is 1. The minimum Gasteiger partial charge on any atom is -0.338 e. The molecular formula is C21H26N4OS. The van der Waals surface area contributed by atoms with Gasteiger partial charge in [0.15, 0.2) is 0 Å². The molecule has 4 rings (SSSR count). The molecule has 0 unspecified atom stereocenters. The van der Waals surface area contributed by atoms with Crippen LogP contribution >= 0.6 is 11.3 Å². The molecule has 1 amide bonds. The number of likely N-dealkylation sites (tertiary alicyclic amines) is 1. The van der Waals surface area contributed by atoms with Gasteiger partial charge in [-0.2, -0.15) is 5.10 Å². The van der Waals surface area contributed by atoms with Crippen LogP contribution in [0.25, 0.3) is 10.1 Å². The Labute approximate surface area is 164 Å². The maximum absolute atomic E-state index is 12.4. The number of thiophene rings is 1. The lowest BCUT2D eigenvalue weighted by Gasteiger charge is -2.26. The Kier molecular flexibility index (Phi) is 4.78. The van der Waals surface area contributed by atoms with Gasteiger partial charge in [0.05, 0.1) is 11.7 Å². The first-order valence-corrected chi connectivity index (χ1v) is 10.2. The summed E-state index contributed by atoms with van der Waals surface area (Å²) in [4.78, 5) is 15.7. The van der Waals surface area contributed by atoms with Crippen molar-refractivity contribution in [2.75, 3.05) is 13.6 Å². The second-order valence-electron chi connectivity index (χ2n) is 7.50. The Balaban J connectivity index is 1.49. The van der Waals surface area contributed by atoms with E-state index in [9.17, 15) is 4.79 Å². The average molecular weight is 383 g/mol. The van der Waals surface area contributed by atoms with Crippen molar-refractivity contribution in [1.82, 2.24) is 20.0 Å². The van der Waals surface area contributed by atoms with Crippen LogP contribution < -0.4 is 5.32 Å². The number of benzene rings is 1. The van der Waals surface area contributed by atoms with Crippen LogP contribution in [0, 0.1) is 19.8 Å². The normalized spacial score (nSPS) is 20.1. The van der Waals surface area contributed by atoms with E-state index in [-0.39, 0.29) is 17.9 Å². The Morgan fingerprint density at radius 2 is 2.04 bits per heavy atom. The Hall–Kier alpha value is -2.18. The van der Waals surface area contributed by atoms with Gasteiger partial charge in [-0.3, -0.25) is 9.48 Å². The van der Waals surface area contributed by atoms with E-state index in [1.165, 1.54) is 20.5 Å². The van der Waals surface area contributed by atoms with Crippen molar-refractivity contribution in [2.45, 2.75) is 32.9 Å². The fraction of sp³-hybridized carbons (Fsp3) is 0.429. The third-order valence-electron chi connectivity index (χ3n) is 5.74. The first kappa shape index (κ1) is 18.2. The van der Waals surface area contributed by atoms with Gasteiger partial charge in [-0.15, -0.1) is 11.3 Å². The highest BCUT2D eigenvalue weighted by Gasteiger charge is 2.40. The van der Waals surface area contributed by atoms with Crippen LogP contribution in [0.2, 0.25) is 0 Å². The first-order chi connectivity index (χ1) is 13.0. The predicted octanol–water partition coefficient (Wildman–Crippen LogP) is 3.56. The van der Waals surface area contributed by atoms with E-state index in [4.69, 9.17) is 0 Å². The van der Waals surface area contributed by atoms with Gasteiger partial charge >= 0.3 is 0 Å². The van der Waals surface area contributed by atoms with Crippen LogP contribution in [0.1, 0.15) is 34.3 Å². The van der Waals surface area contributed by atoms with Gasteiger partial charge in [0.2, 0.25) is 5.91 Å². The van der Waals surface area contributed by atoms with Crippen LogP contribution in [-0.2, 0) is 18.4 Å². The molecule has 0 radical (unpaired) electrons. The summed E-state index contributed by atoms with van der Waals surface area (Å²) < 4.78 is 3.24. The third kappa shape index (κ3) is 3.28. The molecule has 3 heterocycles. The van der Waals surface area contributed by atoms with Crippen molar-refractivity contribution in [3.8, 4) is 0 Å². The van der Waals surface area contributed by atoms with Crippen molar-refractivity contribution in [1.29, 1.82) is 0 Å². The van der Waals surface area contributed by atoms with E-state index in [0.717, 1.165) is 24.5 Å². The monoisotopic (exact) mass is 382 g/mol. The van der Waals surface area contributed by atoms with Gasteiger partial charge < -0.3 is 10.2 Å². The standard InChI is InChI=1S/C21H26N4OS/c1-13-20(14(2)25(4)23-13)21-16(10-19(26)24(21)3)11-22-12-17-9-15-7-5-6-8-18(15)27-17/h5-9,16,21-22H,10-12H2,1-4H3/t16-,21+/m0/s1. The number of nitrogens with zero attached hydrogens (tertiary/aromatic N) is 3. The molecule has 5 nitrogen and oxygen atoms in total. The van der Waals surface area contributed by atoms with Crippen molar-refractivity contribution in [2.24, 2.45) is 13.0 Å². The summed E-state index contributed by atoms with van der Waals surface area (Å²) >= 11 is 1.83. The van der Waals surface area contributed by atoms with E-state index >= 15 is 0 Å². The lowest BCUT2D eigenvalue weighted by Crippen LogP contribution is -2.29. The smallest absolute Gasteiger partial charge is 0.223 e. The molecule has 0 bridgehead atoms. The average Bonchev–Trinajstić information content (AvgIpc) is 3.24. The second kappa shape index (κ2) is 7.09. The number of carbonyl (C=O) groups excluding carboxylic acids is 1. The van der Waals surface area contributed by atoms with Crippen molar-refractivity contribution < 1.29 is 4.79 Å². The van der Waals surface area contributed by atoms with Crippen molar-refractivity contribution >= 4 is 27.3 Å². The van der Waals surface area contributed by atoms with E-state index in [0.29, 0.717) is 6.42 Å². The Bertz CT molecular complexity index is 956. The molecule has 1 N–H and O–H groups in total. The van der Waals surface area contributed by atoms with E-state index < -0.39 is 0 Å². The quantitative estimate of drug-likeness (QED) is 0.734. The zero-order valence-electron chi connectivity index (χ0n) is 16.3. The molecule has 27 heavy (non-hydrogen) atoms. The number of hydrogen-bond acceptors (Lipinski definition) is 4. The number of hydrogen-bond donors (Lipinski definition) is 1. The van der Waals surface area contributed by atoms with Crippen LogP contribution in [0.5, 0.6) is 0 Å². The molecule has 6 heteroatoms. The van der Waals surface area contributed by atoms with Crippen LogP contribution in [0.3, 0.4) is 0 Å². The molecule has 2 aromatic heterocycles.